The molecule has 1 N–H and O–H groups in total. The van der Waals surface area contributed by atoms with Crippen molar-refractivity contribution in [2.24, 2.45) is 0 Å². The molecular formula is C15H20BrNO2. The van der Waals surface area contributed by atoms with Crippen molar-refractivity contribution in [1.82, 2.24) is 5.32 Å². The molecule has 0 radical (unpaired) electrons. The molecule has 0 spiro atoms. The molecule has 0 aromatic heterocycles. The first-order valence-electron chi connectivity index (χ1n) is 6.79. The molecule has 3 nitrogen and oxygen atoms in total. The molecular weight excluding hydrogens is 306 g/mol. The summed E-state index contributed by atoms with van der Waals surface area (Å²) < 4.78 is 6.11. The normalized spacial score (nSPS) is 16.3. The van der Waals surface area contributed by atoms with Crippen molar-refractivity contribution < 1.29 is 9.53 Å². The second-order valence-electron chi connectivity index (χ2n) is 5.05. The van der Waals surface area contributed by atoms with Crippen molar-refractivity contribution >= 4 is 21.8 Å². The quantitative estimate of drug-likeness (QED) is 0.917. The minimum atomic E-state index is 0.0248. The molecule has 0 aliphatic heterocycles. The summed E-state index contributed by atoms with van der Waals surface area (Å²) in [6.07, 6.45) is 5.95. The molecule has 0 saturated heterocycles. The van der Waals surface area contributed by atoms with Crippen molar-refractivity contribution in [2.75, 3.05) is 7.11 Å². The highest BCUT2D eigenvalue weighted by Crippen LogP contribution is 2.21. The molecule has 0 heterocycles. The number of benzene rings is 1. The van der Waals surface area contributed by atoms with Crippen LogP contribution in [0.1, 0.15) is 48.0 Å². The number of hydrogen-bond acceptors (Lipinski definition) is 2. The standard InChI is InChI=1S/C15H20BrNO2/c1-19-10-12-9-11(7-8-14(12)16)15(18)17-13-5-3-2-4-6-13/h7-9,13H,2-6,10H2,1H3,(H,17,18). The summed E-state index contributed by atoms with van der Waals surface area (Å²) >= 11 is 3.47. The number of rotatable bonds is 4. The Labute approximate surface area is 122 Å². The largest absolute Gasteiger partial charge is 0.380 e. The van der Waals surface area contributed by atoms with Gasteiger partial charge in [-0.05, 0) is 36.6 Å². The fraction of sp³-hybridized carbons (Fsp3) is 0.533. The summed E-state index contributed by atoms with van der Waals surface area (Å²) in [4.78, 5) is 12.2. The van der Waals surface area contributed by atoms with Crippen LogP contribution in [-0.4, -0.2) is 19.1 Å². The van der Waals surface area contributed by atoms with Gasteiger partial charge < -0.3 is 10.1 Å². The van der Waals surface area contributed by atoms with Crippen LogP contribution < -0.4 is 5.32 Å². The SMILES string of the molecule is COCc1cc(C(=O)NC2CCCCC2)ccc1Br. The topological polar surface area (TPSA) is 38.3 Å². The minimum absolute atomic E-state index is 0.0248. The summed E-state index contributed by atoms with van der Waals surface area (Å²) in [6, 6.07) is 5.99. The predicted molar refractivity (Wildman–Crippen MR) is 79.2 cm³/mol. The lowest BCUT2D eigenvalue weighted by atomic mass is 9.95. The zero-order chi connectivity index (χ0) is 13.7. The van der Waals surface area contributed by atoms with E-state index >= 15 is 0 Å². The molecule has 19 heavy (non-hydrogen) atoms. The minimum Gasteiger partial charge on any atom is -0.380 e. The van der Waals surface area contributed by atoms with Gasteiger partial charge in [0.05, 0.1) is 6.61 Å². The monoisotopic (exact) mass is 325 g/mol. The zero-order valence-corrected chi connectivity index (χ0v) is 12.8. The number of amides is 1. The molecule has 0 bridgehead atoms. The molecule has 4 heteroatoms. The highest BCUT2D eigenvalue weighted by Gasteiger charge is 2.17. The fourth-order valence-electron chi connectivity index (χ4n) is 2.50. The summed E-state index contributed by atoms with van der Waals surface area (Å²) in [5.74, 6) is 0.0248. The molecule has 2 rings (SSSR count). The average molecular weight is 326 g/mol. The summed E-state index contributed by atoms with van der Waals surface area (Å²) in [5, 5.41) is 3.13. The van der Waals surface area contributed by atoms with Crippen LogP contribution in [0.5, 0.6) is 0 Å². The van der Waals surface area contributed by atoms with Gasteiger partial charge in [-0.3, -0.25) is 4.79 Å². The number of methoxy groups -OCH3 is 1. The van der Waals surface area contributed by atoms with E-state index in [0.717, 1.165) is 22.9 Å². The Kier molecular flexibility index (Phi) is 5.40. The maximum atomic E-state index is 12.2. The van der Waals surface area contributed by atoms with Crippen LogP contribution >= 0.6 is 15.9 Å². The van der Waals surface area contributed by atoms with Gasteiger partial charge in [0.25, 0.3) is 5.91 Å². The lowest BCUT2D eigenvalue weighted by molar-refractivity contribution is 0.0927. The Morgan fingerprint density at radius 2 is 2.11 bits per heavy atom. The van der Waals surface area contributed by atoms with Gasteiger partial charge >= 0.3 is 0 Å². The third-order valence-corrected chi connectivity index (χ3v) is 4.32. The van der Waals surface area contributed by atoms with E-state index in [0.29, 0.717) is 18.2 Å². The number of nitrogens with one attached hydrogen (secondary N) is 1. The Balaban J connectivity index is 2.03. The average Bonchev–Trinajstić information content (AvgIpc) is 2.42. The maximum absolute atomic E-state index is 12.2. The third kappa shape index (κ3) is 4.05. The lowest BCUT2D eigenvalue weighted by Crippen LogP contribution is -2.36. The molecule has 1 amide bonds. The second-order valence-corrected chi connectivity index (χ2v) is 5.90. The van der Waals surface area contributed by atoms with Gasteiger partial charge in [0.2, 0.25) is 0 Å². The Bertz CT molecular complexity index is 442. The summed E-state index contributed by atoms with van der Waals surface area (Å²) in [6.45, 7) is 0.505. The van der Waals surface area contributed by atoms with E-state index in [9.17, 15) is 4.79 Å². The van der Waals surface area contributed by atoms with Gasteiger partial charge in [-0.25, -0.2) is 0 Å². The maximum Gasteiger partial charge on any atom is 0.251 e. The molecule has 0 atom stereocenters. The first-order valence-corrected chi connectivity index (χ1v) is 7.58. The first-order chi connectivity index (χ1) is 9.20. The Hall–Kier alpha value is -0.870. The van der Waals surface area contributed by atoms with Crippen molar-refractivity contribution in [1.29, 1.82) is 0 Å². The molecule has 1 aromatic carbocycles. The molecule has 104 valence electrons. The number of hydrogen-bond donors (Lipinski definition) is 1. The van der Waals surface area contributed by atoms with Crippen LogP contribution in [-0.2, 0) is 11.3 Å². The van der Waals surface area contributed by atoms with Gasteiger partial charge in [-0.1, -0.05) is 35.2 Å². The van der Waals surface area contributed by atoms with Gasteiger partial charge in [-0.15, -0.1) is 0 Å². The van der Waals surface area contributed by atoms with Crippen LogP contribution in [0.25, 0.3) is 0 Å². The number of carbonyl (C=O) groups excluding carboxylic acids is 1. The van der Waals surface area contributed by atoms with E-state index in [4.69, 9.17) is 4.74 Å². The third-order valence-electron chi connectivity index (χ3n) is 3.55. The van der Waals surface area contributed by atoms with Crippen LogP contribution in [0.3, 0.4) is 0 Å². The number of carbonyl (C=O) groups is 1. The van der Waals surface area contributed by atoms with Crippen molar-refractivity contribution in [2.45, 2.75) is 44.8 Å². The van der Waals surface area contributed by atoms with E-state index in [2.05, 4.69) is 21.2 Å². The van der Waals surface area contributed by atoms with Crippen LogP contribution in [0.4, 0.5) is 0 Å². The van der Waals surface area contributed by atoms with E-state index < -0.39 is 0 Å². The highest BCUT2D eigenvalue weighted by molar-refractivity contribution is 9.10. The van der Waals surface area contributed by atoms with Crippen LogP contribution in [0, 0.1) is 0 Å². The zero-order valence-electron chi connectivity index (χ0n) is 11.2. The second kappa shape index (κ2) is 7.06. The van der Waals surface area contributed by atoms with E-state index in [1.54, 1.807) is 7.11 Å². The first kappa shape index (κ1) is 14.5. The van der Waals surface area contributed by atoms with Crippen LogP contribution in [0.2, 0.25) is 0 Å². The lowest BCUT2D eigenvalue weighted by Gasteiger charge is -2.22. The molecule has 0 unspecified atom stereocenters. The van der Waals surface area contributed by atoms with Gasteiger partial charge in [0.15, 0.2) is 0 Å². The molecule has 1 saturated carbocycles. The highest BCUT2D eigenvalue weighted by atomic mass is 79.9. The predicted octanol–water partition coefficient (Wildman–Crippen LogP) is 3.66. The molecule has 1 aliphatic rings. The van der Waals surface area contributed by atoms with E-state index in [1.165, 1.54) is 19.3 Å². The van der Waals surface area contributed by atoms with Crippen molar-refractivity contribution in [3.05, 3.63) is 33.8 Å². The smallest absolute Gasteiger partial charge is 0.251 e. The van der Waals surface area contributed by atoms with E-state index in [1.807, 2.05) is 18.2 Å². The summed E-state index contributed by atoms with van der Waals surface area (Å²) in [7, 11) is 1.65. The van der Waals surface area contributed by atoms with E-state index in [-0.39, 0.29) is 5.91 Å². The summed E-state index contributed by atoms with van der Waals surface area (Å²) in [5.41, 5.74) is 1.71. The van der Waals surface area contributed by atoms with Crippen LogP contribution in [0.15, 0.2) is 22.7 Å². The fourth-order valence-corrected chi connectivity index (χ4v) is 2.86. The van der Waals surface area contributed by atoms with Gasteiger partial charge in [0.1, 0.15) is 0 Å². The number of halogens is 1. The van der Waals surface area contributed by atoms with Crippen molar-refractivity contribution in [3.8, 4) is 0 Å². The Morgan fingerprint density at radius 1 is 1.37 bits per heavy atom. The molecule has 1 aromatic rings. The molecule has 1 fully saturated rings. The van der Waals surface area contributed by atoms with Crippen molar-refractivity contribution in [3.63, 3.8) is 0 Å². The van der Waals surface area contributed by atoms with Gasteiger partial charge in [0, 0.05) is 23.2 Å². The Morgan fingerprint density at radius 3 is 2.79 bits per heavy atom. The number of ether oxygens (including phenoxy) is 1. The van der Waals surface area contributed by atoms with Gasteiger partial charge in [-0.2, -0.15) is 0 Å². The molecule has 1 aliphatic carbocycles.